The monoisotopic (exact) mass is 380 g/mol. The highest BCUT2D eigenvalue weighted by atomic mass is 16.2. The molecule has 1 fully saturated rings. The summed E-state index contributed by atoms with van der Waals surface area (Å²) in [6.07, 6.45) is 4.48. The Hall–Kier alpha value is -3.13. The molecular formula is C20H24N6O2. The minimum atomic E-state index is -0.362. The molecule has 0 amide bonds. The number of nitrogens with zero attached hydrogens (tertiary/aromatic N) is 3. The Morgan fingerprint density at radius 1 is 1.29 bits per heavy atom. The Labute approximate surface area is 162 Å². The van der Waals surface area contributed by atoms with Crippen molar-refractivity contribution in [1.82, 2.24) is 24.8 Å². The molecule has 1 aromatic carbocycles. The standard InChI is InChI=1S/C20H24N6O2/c1-2-26-17(27)12-16(24-20(26)28)25-11-8-15(13-25)23-18(19-21-9-10-22-19)14-6-4-3-5-7-14/h3-7,9-10,12,15,18,23H,2,8,11,13H2,1H3,(H,21,22)(H,24,28)/t15-,18?/m1/s1. The van der Waals surface area contributed by atoms with Crippen LogP contribution in [0.4, 0.5) is 5.82 Å². The van der Waals surface area contributed by atoms with Crippen molar-refractivity contribution in [3.05, 3.63) is 81.0 Å². The average molecular weight is 380 g/mol. The topological polar surface area (TPSA) is 98.8 Å². The second-order valence-electron chi connectivity index (χ2n) is 6.96. The van der Waals surface area contributed by atoms with Crippen molar-refractivity contribution in [2.75, 3.05) is 18.0 Å². The third-order valence-electron chi connectivity index (χ3n) is 5.18. The minimum Gasteiger partial charge on any atom is -0.356 e. The first-order chi connectivity index (χ1) is 13.7. The summed E-state index contributed by atoms with van der Waals surface area (Å²) < 4.78 is 1.19. The summed E-state index contributed by atoms with van der Waals surface area (Å²) >= 11 is 0. The lowest BCUT2D eigenvalue weighted by Gasteiger charge is -2.23. The number of rotatable bonds is 6. The van der Waals surface area contributed by atoms with Crippen LogP contribution in [0, 0.1) is 0 Å². The highest BCUT2D eigenvalue weighted by Crippen LogP contribution is 2.23. The highest BCUT2D eigenvalue weighted by Gasteiger charge is 2.28. The third-order valence-corrected chi connectivity index (χ3v) is 5.18. The lowest BCUT2D eigenvalue weighted by atomic mass is 10.0. The molecule has 2 atom stereocenters. The first kappa shape index (κ1) is 18.2. The van der Waals surface area contributed by atoms with Gasteiger partial charge in [0, 0.05) is 44.1 Å². The van der Waals surface area contributed by atoms with Gasteiger partial charge in [0.15, 0.2) is 0 Å². The normalized spacial score (nSPS) is 17.8. The van der Waals surface area contributed by atoms with Crippen molar-refractivity contribution < 1.29 is 0 Å². The lowest BCUT2D eigenvalue weighted by Crippen LogP contribution is -2.39. The number of aromatic nitrogens is 4. The maximum atomic E-state index is 12.1. The maximum Gasteiger partial charge on any atom is 0.329 e. The van der Waals surface area contributed by atoms with Gasteiger partial charge in [-0.15, -0.1) is 0 Å². The fourth-order valence-corrected chi connectivity index (χ4v) is 3.74. The van der Waals surface area contributed by atoms with Crippen LogP contribution in [-0.4, -0.2) is 38.7 Å². The summed E-state index contributed by atoms with van der Waals surface area (Å²) in [4.78, 5) is 36.7. The number of nitrogens with one attached hydrogen (secondary N) is 3. The molecule has 0 saturated carbocycles. The van der Waals surface area contributed by atoms with Gasteiger partial charge in [0.05, 0.1) is 6.04 Å². The zero-order valence-corrected chi connectivity index (χ0v) is 15.8. The second kappa shape index (κ2) is 7.85. The maximum absolute atomic E-state index is 12.1. The Morgan fingerprint density at radius 2 is 2.11 bits per heavy atom. The van der Waals surface area contributed by atoms with Gasteiger partial charge in [0.1, 0.15) is 11.6 Å². The van der Waals surface area contributed by atoms with Crippen LogP contribution in [0.5, 0.6) is 0 Å². The van der Waals surface area contributed by atoms with Crippen LogP contribution < -0.4 is 21.5 Å². The molecule has 28 heavy (non-hydrogen) atoms. The molecule has 8 heteroatoms. The third kappa shape index (κ3) is 3.63. The van der Waals surface area contributed by atoms with E-state index in [-0.39, 0.29) is 23.3 Å². The van der Waals surface area contributed by atoms with Crippen LogP contribution in [0.15, 0.2) is 58.4 Å². The lowest BCUT2D eigenvalue weighted by molar-refractivity contribution is 0.487. The zero-order valence-electron chi connectivity index (χ0n) is 15.8. The summed E-state index contributed by atoms with van der Waals surface area (Å²) in [6, 6.07) is 11.8. The highest BCUT2D eigenvalue weighted by molar-refractivity contribution is 5.39. The molecule has 3 heterocycles. The molecule has 0 spiro atoms. The van der Waals surface area contributed by atoms with E-state index in [1.807, 2.05) is 29.3 Å². The van der Waals surface area contributed by atoms with Gasteiger partial charge in [-0.05, 0) is 18.9 Å². The smallest absolute Gasteiger partial charge is 0.329 e. The molecule has 1 saturated heterocycles. The number of H-pyrrole nitrogens is 2. The van der Waals surface area contributed by atoms with Gasteiger partial charge < -0.3 is 9.88 Å². The van der Waals surface area contributed by atoms with Gasteiger partial charge in [0.25, 0.3) is 5.56 Å². The van der Waals surface area contributed by atoms with Crippen LogP contribution in [-0.2, 0) is 6.54 Å². The van der Waals surface area contributed by atoms with E-state index in [2.05, 4.69) is 32.4 Å². The number of imidazole rings is 1. The molecule has 0 radical (unpaired) electrons. The van der Waals surface area contributed by atoms with Crippen molar-refractivity contribution in [1.29, 1.82) is 0 Å². The molecule has 2 aromatic heterocycles. The molecule has 3 aromatic rings. The SMILES string of the molecule is CCn1c(=O)cc(N2CC[C@@H](NC(c3ccccc3)c3ncc[nH]3)C2)[nH]c1=O. The van der Waals surface area contributed by atoms with E-state index in [0.29, 0.717) is 18.9 Å². The summed E-state index contributed by atoms with van der Waals surface area (Å²) in [5, 5.41) is 3.68. The van der Waals surface area contributed by atoms with Crippen LogP contribution in [0.1, 0.15) is 30.8 Å². The number of hydrogen-bond donors (Lipinski definition) is 3. The van der Waals surface area contributed by atoms with Crippen LogP contribution >= 0.6 is 0 Å². The first-order valence-corrected chi connectivity index (χ1v) is 9.55. The van der Waals surface area contributed by atoms with E-state index in [4.69, 9.17) is 0 Å². The summed E-state index contributed by atoms with van der Waals surface area (Å²) in [5.41, 5.74) is 0.504. The number of hydrogen-bond acceptors (Lipinski definition) is 5. The van der Waals surface area contributed by atoms with Crippen molar-refractivity contribution in [2.45, 2.75) is 32.0 Å². The average Bonchev–Trinajstić information content (AvgIpc) is 3.39. The van der Waals surface area contributed by atoms with Crippen molar-refractivity contribution >= 4 is 5.82 Å². The van der Waals surface area contributed by atoms with Gasteiger partial charge in [-0.1, -0.05) is 30.3 Å². The number of aromatic amines is 2. The quantitative estimate of drug-likeness (QED) is 0.598. The van der Waals surface area contributed by atoms with Crippen molar-refractivity contribution in [2.24, 2.45) is 0 Å². The largest absolute Gasteiger partial charge is 0.356 e. The Morgan fingerprint density at radius 3 is 2.79 bits per heavy atom. The molecule has 8 nitrogen and oxygen atoms in total. The van der Waals surface area contributed by atoms with E-state index < -0.39 is 0 Å². The molecule has 1 unspecified atom stereocenters. The summed E-state index contributed by atoms with van der Waals surface area (Å²) in [5.74, 6) is 1.45. The molecule has 1 aliphatic rings. The molecule has 1 aliphatic heterocycles. The number of anilines is 1. The molecule has 0 aliphatic carbocycles. The van der Waals surface area contributed by atoms with Gasteiger partial charge in [-0.25, -0.2) is 9.78 Å². The summed E-state index contributed by atoms with van der Waals surface area (Å²) in [7, 11) is 0. The molecule has 3 N–H and O–H groups in total. The molecular weight excluding hydrogens is 356 g/mol. The predicted molar refractivity (Wildman–Crippen MR) is 108 cm³/mol. The van der Waals surface area contributed by atoms with E-state index in [1.165, 1.54) is 10.6 Å². The van der Waals surface area contributed by atoms with E-state index in [0.717, 1.165) is 24.4 Å². The van der Waals surface area contributed by atoms with Crippen molar-refractivity contribution in [3.63, 3.8) is 0 Å². The molecule has 0 bridgehead atoms. The second-order valence-corrected chi connectivity index (χ2v) is 6.96. The Balaban J connectivity index is 1.52. The van der Waals surface area contributed by atoms with Crippen LogP contribution in [0.25, 0.3) is 0 Å². The minimum absolute atomic E-state index is 0.0479. The summed E-state index contributed by atoms with van der Waals surface area (Å²) in [6.45, 7) is 3.61. The zero-order chi connectivity index (χ0) is 19.5. The van der Waals surface area contributed by atoms with Gasteiger partial charge in [-0.2, -0.15) is 0 Å². The van der Waals surface area contributed by atoms with E-state index >= 15 is 0 Å². The predicted octanol–water partition coefficient (Wildman–Crippen LogP) is 1.24. The fraction of sp³-hybridized carbons (Fsp3) is 0.350. The van der Waals surface area contributed by atoms with Gasteiger partial charge >= 0.3 is 5.69 Å². The van der Waals surface area contributed by atoms with Gasteiger partial charge in [0.2, 0.25) is 0 Å². The van der Waals surface area contributed by atoms with E-state index in [9.17, 15) is 9.59 Å². The Kier molecular flexibility index (Phi) is 5.12. The first-order valence-electron chi connectivity index (χ1n) is 9.55. The number of benzene rings is 1. The van der Waals surface area contributed by atoms with Gasteiger partial charge in [-0.3, -0.25) is 19.7 Å². The Bertz CT molecular complexity index is 994. The van der Waals surface area contributed by atoms with E-state index in [1.54, 1.807) is 13.1 Å². The molecule has 4 rings (SSSR count). The fourth-order valence-electron chi connectivity index (χ4n) is 3.74. The van der Waals surface area contributed by atoms with Crippen LogP contribution in [0.2, 0.25) is 0 Å². The van der Waals surface area contributed by atoms with Crippen LogP contribution in [0.3, 0.4) is 0 Å². The van der Waals surface area contributed by atoms with Crippen molar-refractivity contribution in [3.8, 4) is 0 Å². The molecule has 146 valence electrons.